The number of ether oxygens (including phenoxy) is 2. The van der Waals surface area contributed by atoms with Crippen LogP contribution in [0.5, 0.6) is 0 Å². The zero-order valence-corrected chi connectivity index (χ0v) is 23.9. The number of amides is 1. The van der Waals surface area contributed by atoms with E-state index in [0.29, 0.717) is 6.42 Å². The van der Waals surface area contributed by atoms with Crippen molar-refractivity contribution in [2.45, 2.75) is 37.2 Å². The van der Waals surface area contributed by atoms with Crippen LogP contribution in [0.25, 0.3) is 21.2 Å². The van der Waals surface area contributed by atoms with Crippen LogP contribution in [0.4, 0.5) is 0 Å². The molecule has 5 rings (SSSR count). The van der Waals surface area contributed by atoms with E-state index in [1.807, 2.05) is 84.2 Å². The smallest absolute Gasteiger partial charge is 0.377 e. The third kappa shape index (κ3) is 6.00. The number of fused-ring (bicyclic) bond motifs is 1. The number of rotatable bonds is 11. The van der Waals surface area contributed by atoms with Gasteiger partial charge in [0.1, 0.15) is 6.54 Å². The van der Waals surface area contributed by atoms with E-state index >= 15 is 0 Å². The summed E-state index contributed by atoms with van der Waals surface area (Å²) in [4.78, 5) is 50.1. The van der Waals surface area contributed by atoms with E-state index in [2.05, 4.69) is 0 Å². The summed E-state index contributed by atoms with van der Waals surface area (Å²) in [5.74, 6) is -9.46. The third-order valence-electron chi connectivity index (χ3n) is 7.69. The van der Waals surface area contributed by atoms with Crippen molar-refractivity contribution < 1.29 is 44.0 Å². The highest BCUT2D eigenvalue weighted by Crippen LogP contribution is 2.35. The number of benzene rings is 3. The van der Waals surface area contributed by atoms with Gasteiger partial charge in [0, 0.05) is 16.7 Å². The summed E-state index contributed by atoms with van der Waals surface area (Å²) >= 11 is 1.59. The van der Waals surface area contributed by atoms with Crippen LogP contribution in [-0.2, 0) is 35.1 Å². The summed E-state index contributed by atoms with van der Waals surface area (Å²) in [5.41, 5.74) is 3.91. The molecule has 0 aliphatic carbocycles. The molecule has 2 heterocycles. The van der Waals surface area contributed by atoms with Crippen LogP contribution in [-0.4, -0.2) is 75.1 Å². The Morgan fingerprint density at radius 3 is 2.16 bits per heavy atom. The van der Waals surface area contributed by atoms with Crippen LogP contribution in [0.1, 0.15) is 24.0 Å². The average Bonchev–Trinajstić information content (AvgIpc) is 3.65. The quantitative estimate of drug-likeness (QED) is 0.211. The van der Waals surface area contributed by atoms with Crippen molar-refractivity contribution in [2.24, 2.45) is 0 Å². The maximum Gasteiger partial charge on any atom is 0.377 e. The second kappa shape index (κ2) is 12.3. The zero-order valence-electron chi connectivity index (χ0n) is 23.1. The number of carboxylic acid groups (broad SMARTS) is 3. The first-order valence-corrected chi connectivity index (χ1v) is 14.4. The first kappa shape index (κ1) is 29.9. The van der Waals surface area contributed by atoms with Gasteiger partial charge < -0.3 is 29.7 Å². The van der Waals surface area contributed by atoms with E-state index in [-0.39, 0.29) is 0 Å². The summed E-state index contributed by atoms with van der Waals surface area (Å²) in [5, 5.41) is 31.8. The minimum absolute atomic E-state index is 0.392. The number of hydrogen-bond donors (Lipinski definition) is 3. The summed E-state index contributed by atoms with van der Waals surface area (Å²) < 4.78 is 11.2. The van der Waals surface area contributed by atoms with Crippen LogP contribution < -0.4 is 0 Å². The molecule has 0 spiro atoms. The Balaban J connectivity index is 1.51. The van der Waals surface area contributed by atoms with Crippen molar-refractivity contribution in [3.05, 3.63) is 95.4 Å². The predicted molar refractivity (Wildman–Crippen MR) is 158 cm³/mol. The molecular formula is C32H29NO9S. The maximum atomic E-state index is 13.7. The molecule has 1 aromatic heterocycles. The fraction of sp³-hybridized carbons (Fsp3) is 0.250. The van der Waals surface area contributed by atoms with E-state index in [1.54, 1.807) is 18.3 Å². The highest BCUT2D eigenvalue weighted by atomic mass is 32.1. The molecule has 43 heavy (non-hydrogen) atoms. The molecule has 0 bridgehead atoms. The highest BCUT2D eigenvalue weighted by Gasteiger charge is 2.58. The van der Waals surface area contributed by atoms with Gasteiger partial charge in [-0.1, -0.05) is 72.8 Å². The normalized spacial score (nSPS) is 17.3. The molecule has 1 aliphatic heterocycles. The van der Waals surface area contributed by atoms with Gasteiger partial charge in [0.15, 0.2) is 6.10 Å². The number of carboxylic acids is 3. The summed E-state index contributed by atoms with van der Waals surface area (Å²) in [6.45, 7) is 0.352. The van der Waals surface area contributed by atoms with Crippen molar-refractivity contribution >= 4 is 45.2 Å². The number of thiophene rings is 1. The topological polar surface area (TPSA) is 151 Å². The second-order valence-corrected chi connectivity index (χ2v) is 11.2. The molecular weight excluding hydrogens is 574 g/mol. The van der Waals surface area contributed by atoms with E-state index in [4.69, 9.17) is 9.47 Å². The number of carbonyl (C=O) groups is 4. The first-order chi connectivity index (χ1) is 20.6. The molecule has 1 amide bonds. The molecule has 3 N–H and O–H groups in total. The third-order valence-corrected chi connectivity index (χ3v) is 8.71. The van der Waals surface area contributed by atoms with E-state index in [0.717, 1.165) is 37.2 Å². The van der Waals surface area contributed by atoms with Crippen LogP contribution >= 0.6 is 11.3 Å². The molecule has 3 atom stereocenters. The van der Waals surface area contributed by atoms with Gasteiger partial charge in [-0.2, -0.15) is 0 Å². The number of nitrogens with zero attached hydrogens (tertiary/aromatic N) is 1. The molecule has 1 saturated heterocycles. The molecule has 4 aromatic rings. The first-order valence-electron chi connectivity index (χ1n) is 13.5. The van der Waals surface area contributed by atoms with Crippen LogP contribution in [0.2, 0.25) is 0 Å². The fourth-order valence-electron chi connectivity index (χ4n) is 5.42. The van der Waals surface area contributed by atoms with E-state index in [1.165, 1.54) is 0 Å². The molecule has 1 aliphatic rings. The molecule has 0 saturated carbocycles. The SMILES string of the molecule is C[C@H]([C@H](Cc1csc2ccccc12)c1ccc(-c2ccccc2)cc1)N(CC(=O)O)C(=O)[C@@H]1COC(C(=O)O)(C(=O)O)O1. The highest BCUT2D eigenvalue weighted by molar-refractivity contribution is 7.17. The van der Waals surface area contributed by atoms with E-state index < -0.39 is 60.8 Å². The minimum Gasteiger partial charge on any atom is -0.480 e. The molecule has 3 aromatic carbocycles. The fourth-order valence-corrected chi connectivity index (χ4v) is 6.39. The van der Waals surface area contributed by atoms with Gasteiger partial charge in [-0.15, -0.1) is 11.3 Å². The Kier molecular flexibility index (Phi) is 8.58. The number of aliphatic carboxylic acids is 3. The molecule has 222 valence electrons. The van der Waals surface area contributed by atoms with Gasteiger partial charge in [-0.05, 0) is 52.4 Å². The van der Waals surface area contributed by atoms with Crippen molar-refractivity contribution in [3.8, 4) is 11.1 Å². The van der Waals surface area contributed by atoms with Gasteiger partial charge in [0.25, 0.3) is 5.91 Å². The van der Waals surface area contributed by atoms with Gasteiger partial charge in [-0.3, -0.25) is 9.59 Å². The second-order valence-electron chi connectivity index (χ2n) is 10.3. The lowest BCUT2D eigenvalue weighted by atomic mass is 9.84. The predicted octanol–water partition coefficient (Wildman–Crippen LogP) is 4.48. The van der Waals surface area contributed by atoms with Gasteiger partial charge in [-0.25, -0.2) is 9.59 Å². The summed E-state index contributed by atoms with van der Waals surface area (Å²) in [7, 11) is 0. The Bertz CT molecular complexity index is 1640. The zero-order chi connectivity index (χ0) is 30.7. The monoisotopic (exact) mass is 603 g/mol. The largest absolute Gasteiger partial charge is 0.480 e. The molecule has 0 unspecified atom stereocenters. The lowest BCUT2D eigenvalue weighted by molar-refractivity contribution is -0.218. The van der Waals surface area contributed by atoms with E-state index in [9.17, 15) is 34.5 Å². The Labute approximate surface area is 250 Å². The maximum absolute atomic E-state index is 13.7. The van der Waals surface area contributed by atoms with Crippen molar-refractivity contribution in [2.75, 3.05) is 13.2 Å². The standard InChI is InChI=1S/C32H29NO9S/c1-19(33(16-28(34)35)29(36)26-17-41-32(42-26,30(37)38)31(39)40)25(15-23-18-43-27-10-6-5-9-24(23)27)22-13-11-21(12-14-22)20-7-3-2-4-8-20/h2-14,18-19,25-26H,15-17H2,1H3,(H,34,35)(H,37,38)(H,39,40)/t19-,25+,26+/m1/s1. The molecule has 0 radical (unpaired) electrons. The lowest BCUT2D eigenvalue weighted by Crippen LogP contribution is -2.52. The average molecular weight is 604 g/mol. The Morgan fingerprint density at radius 2 is 1.53 bits per heavy atom. The lowest BCUT2D eigenvalue weighted by Gasteiger charge is -2.35. The summed E-state index contributed by atoms with van der Waals surface area (Å²) in [6, 6.07) is 24.9. The Morgan fingerprint density at radius 1 is 0.907 bits per heavy atom. The van der Waals surface area contributed by atoms with Crippen molar-refractivity contribution in [3.63, 3.8) is 0 Å². The molecule has 11 heteroatoms. The van der Waals surface area contributed by atoms with Crippen LogP contribution in [0, 0.1) is 0 Å². The number of carbonyl (C=O) groups excluding carboxylic acids is 1. The molecule has 10 nitrogen and oxygen atoms in total. The Hall–Kier alpha value is -4.58. The minimum atomic E-state index is -3.05. The number of hydrogen-bond acceptors (Lipinski definition) is 7. The van der Waals surface area contributed by atoms with Crippen molar-refractivity contribution in [1.82, 2.24) is 4.90 Å². The van der Waals surface area contributed by atoms with Gasteiger partial charge >= 0.3 is 23.7 Å². The van der Waals surface area contributed by atoms with Crippen LogP contribution in [0.3, 0.4) is 0 Å². The molecule has 1 fully saturated rings. The summed E-state index contributed by atoms with van der Waals surface area (Å²) in [6.07, 6.45) is -1.16. The van der Waals surface area contributed by atoms with Gasteiger partial charge in [0.2, 0.25) is 0 Å². The van der Waals surface area contributed by atoms with Crippen LogP contribution in [0.15, 0.2) is 84.2 Å². The van der Waals surface area contributed by atoms with Crippen molar-refractivity contribution in [1.29, 1.82) is 0 Å². The van der Waals surface area contributed by atoms with Gasteiger partial charge in [0.05, 0.1) is 6.61 Å².